The standard InChI is InChI=1S/C8H17NO3/c1-5-11-7(10)9-8(3,4)12-6-2/h5-6H2,1-4H3,(H,9,10). The van der Waals surface area contributed by atoms with Crippen LogP contribution in [-0.4, -0.2) is 25.0 Å². The molecular weight excluding hydrogens is 158 g/mol. The fraction of sp³-hybridized carbons (Fsp3) is 0.875. The van der Waals surface area contributed by atoms with Gasteiger partial charge in [-0.3, -0.25) is 5.32 Å². The second kappa shape index (κ2) is 4.98. The number of alkyl carbamates (subject to hydrolysis) is 1. The van der Waals surface area contributed by atoms with Gasteiger partial charge in [-0.05, 0) is 27.7 Å². The predicted octanol–water partition coefficient (Wildman–Crippen LogP) is 1.51. The molecule has 0 heterocycles. The Bertz CT molecular complexity index is 145. The molecule has 0 aliphatic heterocycles. The van der Waals surface area contributed by atoms with Crippen molar-refractivity contribution in [3.05, 3.63) is 0 Å². The fourth-order valence-electron chi connectivity index (χ4n) is 0.810. The summed E-state index contributed by atoms with van der Waals surface area (Å²) in [4.78, 5) is 10.9. The van der Waals surface area contributed by atoms with Crippen molar-refractivity contribution in [2.75, 3.05) is 13.2 Å². The van der Waals surface area contributed by atoms with Crippen LogP contribution in [0.1, 0.15) is 27.7 Å². The molecule has 4 nitrogen and oxygen atoms in total. The van der Waals surface area contributed by atoms with Crippen molar-refractivity contribution >= 4 is 6.09 Å². The van der Waals surface area contributed by atoms with Gasteiger partial charge < -0.3 is 9.47 Å². The number of ether oxygens (including phenoxy) is 2. The zero-order valence-electron chi connectivity index (χ0n) is 8.14. The molecule has 12 heavy (non-hydrogen) atoms. The maximum Gasteiger partial charge on any atom is 0.409 e. The molecule has 0 spiro atoms. The molecule has 1 N–H and O–H groups in total. The largest absolute Gasteiger partial charge is 0.450 e. The minimum Gasteiger partial charge on any atom is -0.450 e. The molecule has 72 valence electrons. The van der Waals surface area contributed by atoms with Crippen molar-refractivity contribution in [3.63, 3.8) is 0 Å². The molecule has 0 aliphatic carbocycles. The minimum absolute atomic E-state index is 0.369. The van der Waals surface area contributed by atoms with E-state index < -0.39 is 11.8 Å². The van der Waals surface area contributed by atoms with Crippen LogP contribution >= 0.6 is 0 Å². The molecule has 0 aromatic carbocycles. The van der Waals surface area contributed by atoms with E-state index in [0.29, 0.717) is 13.2 Å². The van der Waals surface area contributed by atoms with Crippen LogP contribution in [0.15, 0.2) is 0 Å². The monoisotopic (exact) mass is 175 g/mol. The van der Waals surface area contributed by atoms with E-state index in [1.165, 1.54) is 0 Å². The Balaban J connectivity index is 3.79. The Hall–Kier alpha value is -0.770. The van der Waals surface area contributed by atoms with Gasteiger partial charge in [0, 0.05) is 6.61 Å². The Morgan fingerprint density at radius 3 is 2.33 bits per heavy atom. The van der Waals surface area contributed by atoms with Gasteiger partial charge in [0.2, 0.25) is 0 Å². The molecular formula is C8H17NO3. The first-order valence-electron chi connectivity index (χ1n) is 4.10. The summed E-state index contributed by atoms with van der Waals surface area (Å²) < 4.78 is 9.93. The maximum absolute atomic E-state index is 10.9. The average molecular weight is 175 g/mol. The first-order valence-corrected chi connectivity index (χ1v) is 4.10. The molecule has 0 aliphatic rings. The lowest BCUT2D eigenvalue weighted by Crippen LogP contribution is -2.45. The summed E-state index contributed by atoms with van der Waals surface area (Å²) in [5, 5.41) is 2.57. The lowest BCUT2D eigenvalue weighted by molar-refractivity contribution is -0.0339. The van der Waals surface area contributed by atoms with Crippen LogP contribution < -0.4 is 5.32 Å². The van der Waals surface area contributed by atoms with Crippen molar-refractivity contribution in [2.24, 2.45) is 0 Å². The normalized spacial score (nSPS) is 11.0. The van der Waals surface area contributed by atoms with Crippen LogP contribution in [0.4, 0.5) is 4.79 Å². The molecule has 0 saturated heterocycles. The number of hydrogen-bond donors (Lipinski definition) is 1. The molecule has 0 atom stereocenters. The number of hydrogen-bond acceptors (Lipinski definition) is 3. The van der Waals surface area contributed by atoms with Crippen molar-refractivity contribution in [1.82, 2.24) is 5.32 Å². The van der Waals surface area contributed by atoms with E-state index in [1.807, 2.05) is 6.92 Å². The van der Waals surface area contributed by atoms with E-state index in [1.54, 1.807) is 20.8 Å². The second-order valence-electron chi connectivity index (χ2n) is 2.79. The predicted molar refractivity (Wildman–Crippen MR) is 45.9 cm³/mol. The van der Waals surface area contributed by atoms with E-state index in [-0.39, 0.29) is 0 Å². The number of carbonyl (C=O) groups excluding carboxylic acids is 1. The van der Waals surface area contributed by atoms with Crippen LogP contribution in [-0.2, 0) is 9.47 Å². The van der Waals surface area contributed by atoms with E-state index in [0.717, 1.165) is 0 Å². The van der Waals surface area contributed by atoms with Gasteiger partial charge in [-0.1, -0.05) is 0 Å². The lowest BCUT2D eigenvalue weighted by Gasteiger charge is -2.25. The van der Waals surface area contributed by atoms with E-state index in [9.17, 15) is 4.79 Å². The Labute approximate surface area is 73.2 Å². The molecule has 4 heteroatoms. The lowest BCUT2D eigenvalue weighted by atomic mass is 10.3. The number of amides is 1. The van der Waals surface area contributed by atoms with Crippen LogP contribution in [0.5, 0.6) is 0 Å². The van der Waals surface area contributed by atoms with Crippen molar-refractivity contribution in [1.29, 1.82) is 0 Å². The molecule has 0 aromatic heterocycles. The van der Waals surface area contributed by atoms with Gasteiger partial charge in [-0.15, -0.1) is 0 Å². The van der Waals surface area contributed by atoms with E-state index >= 15 is 0 Å². The average Bonchev–Trinajstić information content (AvgIpc) is 1.85. The summed E-state index contributed by atoms with van der Waals surface area (Å²) in [5.74, 6) is 0. The third-order valence-electron chi connectivity index (χ3n) is 1.18. The van der Waals surface area contributed by atoms with Gasteiger partial charge >= 0.3 is 6.09 Å². The van der Waals surface area contributed by atoms with Crippen molar-refractivity contribution in [2.45, 2.75) is 33.4 Å². The summed E-state index contributed by atoms with van der Waals surface area (Å²) in [6.45, 7) is 8.09. The highest BCUT2D eigenvalue weighted by Gasteiger charge is 2.20. The highest BCUT2D eigenvalue weighted by molar-refractivity contribution is 5.67. The van der Waals surface area contributed by atoms with Gasteiger partial charge in [0.15, 0.2) is 0 Å². The van der Waals surface area contributed by atoms with Crippen LogP contribution in [0.2, 0.25) is 0 Å². The van der Waals surface area contributed by atoms with Crippen molar-refractivity contribution in [3.8, 4) is 0 Å². The Morgan fingerprint density at radius 2 is 1.92 bits per heavy atom. The first-order chi connectivity index (χ1) is 5.52. The summed E-state index contributed by atoms with van der Waals surface area (Å²) >= 11 is 0. The van der Waals surface area contributed by atoms with Crippen LogP contribution in [0.25, 0.3) is 0 Å². The quantitative estimate of drug-likeness (QED) is 0.659. The first kappa shape index (κ1) is 11.2. The molecule has 0 unspecified atom stereocenters. The maximum atomic E-state index is 10.9. The SMILES string of the molecule is CCOC(=O)NC(C)(C)OCC. The highest BCUT2D eigenvalue weighted by Crippen LogP contribution is 2.03. The van der Waals surface area contributed by atoms with Gasteiger partial charge in [-0.25, -0.2) is 4.79 Å². The molecule has 0 rings (SSSR count). The summed E-state index contributed by atoms with van der Waals surface area (Å²) in [6.07, 6.45) is -0.448. The molecule has 0 bridgehead atoms. The third kappa shape index (κ3) is 4.96. The number of nitrogens with one attached hydrogen (secondary N) is 1. The van der Waals surface area contributed by atoms with Gasteiger partial charge in [-0.2, -0.15) is 0 Å². The van der Waals surface area contributed by atoms with Crippen LogP contribution in [0.3, 0.4) is 0 Å². The summed E-state index contributed by atoms with van der Waals surface area (Å²) in [5.41, 5.74) is -0.652. The Morgan fingerprint density at radius 1 is 1.33 bits per heavy atom. The Kier molecular flexibility index (Phi) is 4.66. The van der Waals surface area contributed by atoms with E-state index in [4.69, 9.17) is 9.47 Å². The molecule has 0 fully saturated rings. The smallest absolute Gasteiger partial charge is 0.409 e. The topological polar surface area (TPSA) is 47.6 Å². The fourth-order valence-corrected chi connectivity index (χ4v) is 0.810. The zero-order chi connectivity index (χ0) is 9.61. The van der Waals surface area contributed by atoms with Gasteiger partial charge in [0.1, 0.15) is 5.72 Å². The second-order valence-corrected chi connectivity index (χ2v) is 2.79. The molecule has 1 amide bonds. The van der Waals surface area contributed by atoms with Crippen molar-refractivity contribution < 1.29 is 14.3 Å². The van der Waals surface area contributed by atoms with E-state index in [2.05, 4.69) is 5.32 Å². The third-order valence-corrected chi connectivity index (χ3v) is 1.18. The van der Waals surface area contributed by atoms with Crippen LogP contribution in [0, 0.1) is 0 Å². The minimum atomic E-state index is -0.652. The zero-order valence-corrected chi connectivity index (χ0v) is 8.14. The number of rotatable bonds is 4. The summed E-state index contributed by atoms with van der Waals surface area (Å²) in [6, 6.07) is 0. The molecule has 0 saturated carbocycles. The molecule has 0 radical (unpaired) electrons. The molecule has 0 aromatic rings. The highest BCUT2D eigenvalue weighted by atomic mass is 16.6. The van der Waals surface area contributed by atoms with Gasteiger partial charge in [0.25, 0.3) is 0 Å². The summed E-state index contributed by atoms with van der Waals surface area (Å²) in [7, 11) is 0. The van der Waals surface area contributed by atoms with Gasteiger partial charge in [0.05, 0.1) is 6.61 Å². The number of carbonyl (C=O) groups is 1.